The molecule has 3 atom stereocenters. The lowest BCUT2D eigenvalue weighted by molar-refractivity contribution is -0.0161. The zero-order chi connectivity index (χ0) is 22.1. The highest BCUT2D eigenvalue weighted by Gasteiger charge is 2.31. The third-order valence-corrected chi connectivity index (χ3v) is 5.90. The monoisotopic (exact) mass is 431 g/mol. The number of anilines is 1. The first-order valence-corrected chi connectivity index (χ1v) is 10.7. The number of aryl methyl sites for hydroxylation is 1. The summed E-state index contributed by atoms with van der Waals surface area (Å²) in [6.07, 6.45) is 9.62. The quantitative estimate of drug-likeness (QED) is 0.383. The van der Waals surface area contributed by atoms with Gasteiger partial charge in [0.15, 0.2) is 5.82 Å². The van der Waals surface area contributed by atoms with Gasteiger partial charge in [0, 0.05) is 47.9 Å². The number of benzene rings is 1. The number of rotatable bonds is 5. The van der Waals surface area contributed by atoms with E-state index in [4.69, 9.17) is 4.98 Å². The minimum Gasteiger partial charge on any atom is -0.390 e. The lowest BCUT2D eigenvalue weighted by atomic mass is 9.90. The summed E-state index contributed by atoms with van der Waals surface area (Å²) in [5, 5.41) is 35.1. The van der Waals surface area contributed by atoms with Gasteiger partial charge in [-0.1, -0.05) is 18.2 Å². The minimum absolute atomic E-state index is 0.297. The molecule has 0 unspecified atom stereocenters. The van der Waals surface area contributed by atoms with E-state index >= 15 is 0 Å². The molecular weight excluding hydrogens is 406 g/mol. The van der Waals surface area contributed by atoms with Crippen LogP contribution in [-0.4, -0.2) is 58.4 Å². The lowest BCUT2D eigenvalue weighted by Crippen LogP contribution is -2.45. The maximum absolute atomic E-state index is 10.5. The number of nitrogens with zero attached hydrogens (tertiary/aromatic N) is 5. The number of H-pyrrole nitrogens is 1. The largest absolute Gasteiger partial charge is 0.390 e. The third-order valence-electron chi connectivity index (χ3n) is 5.90. The number of hydrogen-bond acceptors (Lipinski definition) is 7. The first-order chi connectivity index (χ1) is 15.6. The van der Waals surface area contributed by atoms with E-state index in [9.17, 15) is 10.2 Å². The van der Waals surface area contributed by atoms with Gasteiger partial charge in [0.1, 0.15) is 5.82 Å². The van der Waals surface area contributed by atoms with Crippen LogP contribution in [0.5, 0.6) is 0 Å². The number of aromatic amines is 1. The molecule has 1 saturated carbocycles. The maximum Gasteiger partial charge on any atom is 0.161 e. The lowest BCUT2D eigenvalue weighted by Gasteiger charge is -2.33. The molecule has 4 aromatic rings. The smallest absolute Gasteiger partial charge is 0.161 e. The fourth-order valence-electron chi connectivity index (χ4n) is 4.14. The summed E-state index contributed by atoms with van der Waals surface area (Å²) in [5.41, 5.74) is 4.53. The van der Waals surface area contributed by atoms with Crippen LogP contribution < -0.4 is 5.32 Å². The molecule has 0 amide bonds. The third kappa shape index (κ3) is 4.00. The number of hydrogen-bond donors (Lipinski definition) is 4. The molecule has 1 aliphatic carbocycles. The Morgan fingerprint density at radius 2 is 1.94 bits per heavy atom. The van der Waals surface area contributed by atoms with Gasteiger partial charge in [-0.3, -0.25) is 9.78 Å². The molecule has 32 heavy (non-hydrogen) atoms. The van der Waals surface area contributed by atoms with E-state index in [1.807, 2.05) is 43.7 Å². The van der Waals surface area contributed by atoms with Crippen molar-refractivity contribution in [2.24, 2.45) is 7.05 Å². The van der Waals surface area contributed by atoms with E-state index in [2.05, 4.69) is 25.6 Å². The van der Waals surface area contributed by atoms with Gasteiger partial charge in [-0.2, -0.15) is 10.2 Å². The Morgan fingerprint density at radius 3 is 2.72 bits per heavy atom. The van der Waals surface area contributed by atoms with Crippen LogP contribution in [0.3, 0.4) is 0 Å². The van der Waals surface area contributed by atoms with E-state index < -0.39 is 12.2 Å². The number of nitrogens with one attached hydrogen (secondary N) is 2. The van der Waals surface area contributed by atoms with Crippen molar-refractivity contribution < 1.29 is 10.2 Å². The summed E-state index contributed by atoms with van der Waals surface area (Å²) in [6, 6.07) is 7.70. The Balaban J connectivity index is 1.52. The van der Waals surface area contributed by atoms with Crippen LogP contribution in [0.4, 0.5) is 5.82 Å². The fourth-order valence-corrected chi connectivity index (χ4v) is 4.14. The molecule has 9 heteroatoms. The second-order valence-corrected chi connectivity index (χ2v) is 8.17. The highest BCUT2D eigenvalue weighted by Crippen LogP contribution is 2.31. The average molecular weight is 432 g/mol. The zero-order valence-corrected chi connectivity index (χ0v) is 17.7. The van der Waals surface area contributed by atoms with Crippen LogP contribution in [0.25, 0.3) is 33.6 Å². The number of aliphatic hydroxyl groups excluding tert-OH is 2. The number of aliphatic hydroxyl groups is 2. The van der Waals surface area contributed by atoms with Crippen molar-refractivity contribution in [3.8, 4) is 33.6 Å². The molecule has 0 radical (unpaired) electrons. The highest BCUT2D eigenvalue weighted by molar-refractivity contribution is 5.76. The van der Waals surface area contributed by atoms with E-state index in [1.165, 1.54) is 0 Å². The van der Waals surface area contributed by atoms with Crippen molar-refractivity contribution >= 4 is 5.82 Å². The van der Waals surface area contributed by atoms with Gasteiger partial charge in [-0.05, 0) is 30.9 Å². The first kappa shape index (κ1) is 20.3. The van der Waals surface area contributed by atoms with Crippen molar-refractivity contribution in [3.63, 3.8) is 0 Å². The Labute approximate surface area is 185 Å². The molecule has 1 aromatic carbocycles. The summed E-state index contributed by atoms with van der Waals surface area (Å²) in [5.74, 6) is 1.16. The first-order valence-electron chi connectivity index (χ1n) is 10.7. The molecule has 4 N–H and O–H groups in total. The van der Waals surface area contributed by atoms with Gasteiger partial charge in [-0.25, -0.2) is 9.97 Å². The van der Waals surface area contributed by atoms with Crippen molar-refractivity contribution in [2.75, 3.05) is 5.32 Å². The van der Waals surface area contributed by atoms with Crippen LogP contribution in [0, 0.1) is 0 Å². The molecule has 3 heterocycles. The van der Waals surface area contributed by atoms with Crippen molar-refractivity contribution in [3.05, 3.63) is 55.2 Å². The van der Waals surface area contributed by atoms with E-state index in [0.717, 1.165) is 40.7 Å². The van der Waals surface area contributed by atoms with Gasteiger partial charge >= 0.3 is 0 Å². The normalized spacial score (nSPS) is 20.9. The van der Waals surface area contributed by atoms with Crippen molar-refractivity contribution in [1.29, 1.82) is 0 Å². The maximum atomic E-state index is 10.5. The molecule has 9 nitrogen and oxygen atoms in total. The van der Waals surface area contributed by atoms with E-state index in [-0.39, 0.29) is 6.04 Å². The molecule has 0 saturated heterocycles. The molecule has 1 aliphatic rings. The summed E-state index contributed by atoms with van der Waals surface area (Å²) < 4.78 is 1.77. The molecule has 164 valence electrons. The zero-order valence-electron chi connectivity index (χ0n) is 17.7. The molecular formula is C23H25N7O2. The summed E-state index contributed by atoms with van der Waals surface area (Å²) in [7, 11) is 1.89. The van der Waals surface area contributed by atoms with Gasteiger partial charge in [0.05, 0.1) is 30.6 Å². The van der Waals surface area contributed by atoms with Crippen molar-refractivity contribution in [1.82, 2.24) is 29.9 Å². The topological polar surface area (TPSA) is 125 Å². The van der Waals surface area contributed by atoms with Crippen LogP contribution in [0.15, 0.2) is 55.2 Å². The van der Waals surface area contributed by atoms with E-state index in [1.54, 1.807) is 23.3 Å². The van der Waals surface area contributed by atoms with Crippen LogP contribution in [0.1, 0.15) is 19.3 Å². The molecule has 0 spiro atoms. The Hall–Kier alpha value is -3.56. The highest BCUT2D eigenvalue weighted by atomic mass is 16.3. The van der Waals surface area contributed by atoms with Crippen LogP contribution in [-0.2, 0) is 7.05 Å². The SMILES string of the molecule is Cn1cc(-c2cccc(-c3ncc(-c4cn[nH]c4)c(N[C@@H]4CCC[C@@H](O)[C@H]4O)n3)c2)cn1. The molecule has 5 rings (SSSR count). The summed E-state index contributed by atoms with van der Waals surface area (Å²) in [6.45, 7) is 0. The second kappa shape index (κ2) is 8.52. The summed E-state index contributed by atoms with van der Waals surface area (Å²) >= 11 is 0. The van der Waals surface area contributed by atoms with E-state index in [0.29, 0.717) is 18.1 Å². The van der Waals surface area contributed by atoms with Gasteiger partial charge in [-0.15, -0.1) is 0 Å². The Morgan fingerprint density at radius 1 is 1.06 bits per heavy atom. The number of aromatic nitrogens is 6. The van der Waals surface area contributed by atoms with Crippen molar-refractivity contribution in [2.45, 2.75) is 37.5 Å². The van der Waals surface area contributed by atoms with Gasteiger partial charge in [0.25, 0.3) is 0 Å². The standard InChI is InChI=1S/C23H25N7O2/c1-30-13-17(11-27-30)14-4-2-5-15(8-14)22-24-12-18(16-9-25-26-10-16)23(29-22)28-19-6-3-7-20(31)21(19)32/h2,4-5,8-13,19-21,31-32H,3,6-7H2,1H3,(H,25,26)(H,24,28,29)/t19-,20-,21+/m1/s1. The predicted octanol–water partition coefficient (Wildman–Crippen LogP) is 2.62. The minimum atomic E-state index is -0.853. The second-order valence-electron chi connectivity index (χ2n) is 8.17. The van der Waals surface area contributed by atoms with Gasteiger partial charge in [0.2, 0.25) is 0 Å². The molecule has 1 fully saturated rings. The van der Waals surface area contributed by atoms with Crippen LogP contribution >= 0.6 is 0 Å². The predicted molar refractivity (Wildman–Crippen MR) is 121 cm³/mol. The molecule has 0 aliphatic heterocycles. The van der Waals surface area contributed by atoms with Gasteiger partial charge < -0.3 is 15.5 Å². The summed E-state index contributed by atoms with van der Waals surface area (Å²) in [4.78, 5) is 9.42. The average Bonchev–Trinajstić information content (AvgIpc) is 3.49. The Bertz CT molecular complexity index is 1200. The Kier molecular flexibility index (Phi) is 5.42. The van der Waals surface area contributed by atoms with Crippen LogP contribution in [0.2, 0.25) is 0 Å². The molecule has 0 bridgehead atoms. The fraction of sp³-hybridized carbons (Fsp3) is 0.304. The molecule has 3 aromatic heterocycles.